The number of amides is 2. The fourth-order valence-corrected chi connectivity index (χ4v) is 4.58. The molecule has 2 fully saturated rings. The highest BCUT2D eigenvalue weighted by Crippen LogP contribution is 2.28. The van der Waals surface area contributed by atoms with E-state index in [1.165, 1.54) is 4.90 Å². The van der Waals surface area contributed by atoms with Crippen molar-refractivity contribution in [3.05, 3.63) is 64.7 Å². The molecule has 2 aliphatic heterocycles. The van der Waals surface area contributed by atoms with E-state index in [0.717, 1.165) is 31.4 Å². The summed E-state index contributed by atoms with van der Waals surface area (Å²) in [7, 11) is 0. The van der Waals surface area contributed by atoms with E-state index in [1.807, 2.05) is 4.90 Å². The number of halogens is 3. The third-order valence-electron chi connectivity index (χ3n) is 6.18. The Morgan fingerprint density at radius 2 is 1.82 bits per heavy atom. The maximum absolute atomic E-state index is 14.3. The van der Waals surface area contributed by atoms with Crippen molar-refractivity contribution in [2.45, 2.75) is 31.3 Å². The van der Waals surface area contributed by atoms with Crippen molar-refractivity contribution in [3.8, 4) is 5.75 Å². The molecular weight excluding hydrogens is 466 g/mol. The summed E-state index contributed by atoms with van der Waals surface area (Å²) in [5.41, 5.74) is -1.35. The highest BCUT2D eigenvalue weighted by Gasteiger charge is 2.43. The van der Waals surface area contributed by atoms with Crippen LogP contribution in [0.4, 0.5) is 8.78 Å². The topological polar surface area (TPSA) is 59.1 Å². The van der Waals surface area contributed by atoms with Crippen molar-refractivity contribution >= 4 is 23.4 Å². The molecule has 9 heteroatoms. The molecule has 2 aliphatic rings. The van der Waals surface area contributed by atoms with Crippen LogP contribution in [0.5, 0.6) is 5.75 Å². The van der Waals surface area contributed by atoms with Crippen molar-refractivity contribution in [1.82, 2.24) is 9.80 Å². The van der Waals surface area contributed by atoms with Gasteiger partial charge in [0.25, 0.3) is 5.91 Å². The van der Waals surface area contributed by atoms with Crippen LogP contribution in [0.2, 0.25) is 5.02 Å². The molecule has 0 aromatic heterocycles. The van der Waals surface area contributed by atoms with Gasteiger partial charge in [-0.3, -0.25) is 9.59 Å². The summed E-state index contributed by atoms with van der Waals surface area (Å²) in [6, 6.07) is 9.73. The number of nitrogens with zero attached hydrogens (tertiary/aromatic N) is 2. The monoisotopic (exact) mass is 492 g/mol. The quantitative estimate of drug-likeness (QED) is 0.603. The van der Waals surface area contributed by atoms with Gasteiger partial charge in [-0.05, 0) is 49.6 Å². The molecule has 0 saturated carbocycles. The van der Waals surface area contributed by atoms with E-state index < -0.39 is 23.1 Å². The molecule has 2 heterocycles. The second kappa shape index (κ2) is 10.7. The maximum atomic E-state index is 14.3. The van der Waals surface area contributed by atoms with Gasteiger partial charge >= 0.3 is 0 Å². The molecule has 2 aromatic carbocycles. The Balaban J connectivity index is 1.55. The molecule has 1 atom stereocenters. The number of piperidine rings is 1. The third-order valence-corrected chi connectivity index (χ3v) is 6.41. The zero-order chi connectivity index (χ0) is 24.1. The summed E-state index contributed by atoms with van der Waals surface area (Å²) < 4.78 is 39.7. The maximum Gasteiger partial charge on any atom is 0.257 e. The minimum atomic E-state index is -1.12. The van der Waals surface area contributed by atoms with Gasteiger partial charge in [-0.25, -0.2) is 8.78 Å². The number of hydrogen-bond acceptors (Lipinski definition) is 4. The van der Waals surface area contributed by atoms with Gasteiger partial charge in [-0.1, -0.05) is 17.7 Å². The average Bonchev–Trinajstić information content (AvgIpc) is 2.83. The van der Waals surface area contributed by atoms with Crippen LogP contribution in [0, 0.1) is 11.6 Å². The zero-order valence-corrected chi connectivity index (χ0v) is 19.5. The van der Waals surface area contributed by atoms with Gasteiger partial charge in [-0.15, -0.1) is 0 Å². The van der Waals surface area contributed by atoms with Gasteiger partial charge < -0.3 is 19.3 Å². The second-order valence-electron chi connectivity index (χ2n) is 8.75. The molecule has 4 rings (SSSR count). The molecule has 34 heavy (non-hydrogen) atoms. The Morgan fingerprint density at radius 1 is 1.03 bits per heavy atom. The largest absolute Gasteiger partial charge is 0.490 e. The average molecular weight is 493 g/mol. The van der Waals surface area contributed by atoms with Crippen molar-refractivity contribution in [1.29, 1.82) is 0 Å². The van der Waals surface area contributed by atoms with Crippen LogP contribution in [0.1, 0.15) is 36.0 Å². The molecule has 2 amide bonds. The second-order valence-corrected chi connectivity index (χ2v) is 9.18. The first-order chi connectivity index (χ1) is 16.3. The summed E-state index contributed by atoms with van der Waals surface area (Å²) in [6.07, 6.45) is 3.01. The van der Waals surface area contributed by atoms with E-state index in [4.69, 9.17) is 21.1 Å². The molecule has 0 bridgehead atoms. The highest BCUT2D eigenvalue weighted by atomic mass is 35.5. The lowest BCUT2D eigenvalue weighted by Gasteiger charge is -2.43. The first kappa shape index (κ1) is 24.4. The minimum Gasteiger partial charge on any atom is -0.490 e. The van der Waals surface area contributed by atoms with E-state index in [-0.39, 0.29) is 44.2 Å². The Morgan fingerprint density at radius 3 is 2.56 bits per heavy atom. The van der Waals surface area contributed by atoms with Gasteiger partial charge in [0.05, 0.1) is 25.1 Å². The Bertz CT molecular complexity index is 1050. The van der Waals surface area contributed by atoms with Gasteiger partial charge in [0.2, 0.25) is 5.91 Å². The highest BCUT2D eigenvalue weighted by molar-refractivity contribution is 6.30. The Hall–Kier alpha value is -2.71. The van der Waals surface area contributed by atoms with Gasteiger partial charge in [0.1, 0.15) is 29.6 Å². The minimum absolute atomic E-state index is 0.00258. The summed E-state index contributed by atoms with van der Waals surface area (Å²) in [5, 5.41) is 0.504. The van der Waals surface area contributed by atoms with Crippen molar-refractivity contribution in [3.63, 3.8) is 0 Å². The fraction of sp³-hybridized carbons (Fsp3) is 0.440. The SMILES string of the molecule is O=C(CC1(COc2cccc(Cl)c2)CN(C(=O)c2ccc(F)cc2F)CCO1)N1CCCCC1. The first-order valence-corrected chi connectivity index (χ1v) is 11.8. The third kappa shape index (κ3) is 5.85. The summed E-state index contributed by atoms with van der Waals surface area (Å²) in [5.74, 6) is -1.84. The zero-order valence-electron chi connectivity index (χ0n) is 18.8. The van der Waals surface area contributed by atoms with Crippen LogP contribution >= 0.6 is 11.6 Å². The van der Waals surface area contributed by atoms with Crippen molar-refractivity contribution in [2.24, 2.45) is 0 Å². The summed E-state index contributed by atoms with van der Waals surface area (Å²) in [6.45, 7) is 1.78. The van der Waals surface area contributed by atoms with Crippen LogP contribution in [-0.4, -0.2) is 66.6 Å². The number of ether oxygens (including phenoxy) is 2. The Labute approximate surface area is 202 Å². The molecule has 2 aromatic rings. The Kier molecular flexibility index (Phi) is 7.68. The smallest absolute Gasteiger partial charge is 0.257 e. The molecule has 1 unspecified atom stereocenters. The van der Waals surface area contributed by atoms with Gasteiger partial charge in [-0.2, -0.15) is 0 Å². The summed E-state index contributed by atoms with van der Waals surface area (Å²) in [4.78, 5) is 29.5. The molecule has 0 aliphatic carbocycles. The number of morpholine rings is 1. The van der Waals surface area contributed by atoms with Crippen molar-refractivity contribution < 1.29 is 27.8 Å². The van der Waals surface area contributed by atoms with Crippen LogP contribution in [-0.2, 0) is 9.53 Å². The number of benzene rings is 2. The predicted octanol–water partition coefficient (Wildman–Crippen LogP) is 4.31. The van der Waals surface area contributed by atoms with E-state index in [2.05, 4.69) is 0 Å². The molecule has 0 spiro atoms. The van der Waals surface area contributed by atoms with Crippen LogP contribution in [0.15, 0.2) is 42.5 Å². The number of hydrogen-bond donors (Lipinski definition) is 0. The van der Waals surface area contributed by atoms with Crippen LogP contribution in [0.25, 0.3) is 0 Å². The lowest BCUT2D eigenvalue weighted by atomic mass is 9.95. The van der Waals surface area contributed by atoms with E-state index in [1.54, 1.807) is 24.3 Å². The number of likely N-dealkylation sites (tertiary alicyclic amines) is 1. The molecule has 6 nitrogen and oxygen atoms in total. The number of carbonyl (C=O) groups excluding carboxylic acids is 2. The fourth-order valence-electron chi connectivity index (χ4n) is 4.40. The van der Waals surface area contributed by atoms with Crippen LogP contribution < -0.4 is 4.74 Å². The van der Waals surface area contributed by atoms with Gasteiger partial charge in [0, 0.05) is 30.7 Å². The number of rotatable bonds is 6. The summed E-state index contributed by atoms with van der Waals surface area (Å²) >= 11 is 6.06. The number of carbonyl (C=O) groups is 2. The van der Waals surface area contributed by atoms with Crippen molar-refractivity contribution in [2.75, 3.05) is 39.4 Å². The van der Waals surface area contributed by atoms with E-state index >= 15 is 0 Å². The normalized spacial score (nSPS) is 20.8. The lowest BCUT2D eigenvalue weighted by molar-refractivity contribution is -0.153. The van der Waals surface area contributed by atoms with Gasteiger partial charge in [0.15, 0.2) is 0 Å². The predicted molar refractivity (Wildman–Crippen MR) is 123 cm³/mol. The molecule has 2 saturated heterocycles. The van der Waals surface area contributed by atoms with Crippen LogP contribution in [0.3, 0.4) is 0 Å². The molecular formula is C25H27ClF2N2O4. The lowest BCUT2D eigenvalue weighted by Crippen LogP contribution is -2.58. The molecule has 0 radical (unpaired) electrons. The standard InChI is InChI=1S/C25H27ClF2N2O4/c26-18-5-4-6-20(13-18)33-17-25(15-23(31)29-9-2-1-3-10-29)16-30(11-12-34-25)24(32)21-8-7-19(27)14-22(21)28/h4-8,13-14H,1-3,9-12,15-17H2. The van der Waals surface area contributed by atoms with E-state index in [9.17, 15) is 18.4 Å². The molecule has 182 valence electrons. The van der Waals surface area contributed by atoms with E-state index in [0.29, 0.717) is 29.9 Å². The first-order valence-electron chi connectivity index (χ1n) is 11.4. The molecule has 0 N–H and O–H groups in total.